The summed E-state index contributed by atoms with van der Waals surface area (Å²) in [5.74, 6) is 0. The fourth-order valence-electron chi connectivity index (χ4n) is 1.83. The highest BCUT2D eigenvalue weighted by molar-refractivity contribution is 7.46. The van der Waals surface area contributed by atoms with Crippen LogP contribution in [0.4, 0.5) is 0 Å². The highest BCUT2D eigenvalue weighted by atomic mass is 31.2. The Bertz CT molecular complexity index is 229. The smallest absolute Gasteiger partial charge is 0.379 e. The van der Waals surface area contributed by atoms with E-state index in [2.05, 4.69) is 11.4 Å². The van der Waals surface area contributed by atoms with Gasteiger partial charge >= 0.3 is 7.82 Å². The highest BCUT2D eigenvalue weighted by Crippen LogP contribution is 2.35. The van der Waals surface area contributed by atoms with Crippen molar-refractivity contribution in [2.45, 2.75) is 64.7 Å². The third-order valence-electron chi connectivity index (χ3n) is 2.88. The monoisotopic (exact) mass is 296 g/mol. The SMILES string of the molecule is CCCCCCCCCCCOCCOP(=O)(O)O. The van der Waals surface area contributed by atoms with Gasteiger partial charge in [0.1, 0.15) is 0 Å². The van der Waals surface area contributed by atoms with Crippen LogP contribution < -0.4 is 0 Å². The number of unbranched alkanes of at least 4 members (excludes halogenated alkanes) is 8. The number of ether oxygens (including phenoxy) is 1. The summed E-state index contributed by atoms with van der Waals surface area (Å²) < 4.78 is 19.8. The Morgan fingerprint density at radius 3 is 1.84 bits per heavy atom. The maximum Gasteiger partial charge on any atom is 0.469 e. The summed E-state index contributed by atoms with van der Waals surface area (Å²) in [4.78, 5) is 16.9. The van der Waals surface area contributed by atoms with E-state index in [-0.39, 0.29) is 13.2 Å². The summed E-state index contributed by atoms with van der Waals surface area (Å²) in [7, 11) is -4.33. The third kappa shape index (κ3) is 18.1. The van der Waals surface area contributed by atoms with E-state index in [0.717, 1.165) is 12.8 Å². The van der Waals surface area contributed by atoms with Gasteiger partial charge in [0, 0.05) is 6.61 Å². The molecule has 0 atom stereocenters. The molecule has 0 heterocycles. The minimum Gasteiger partial charge on any atom is -0.379 e. The van der Waals surface area contributed by atoms with Crippen LogP contribution in [0.5, 0.6) is 0 Å². The molecule has 0 aliphatic carbocycles. The lowest BCUT2D eigenvalue weighted by molar-refractivity contribution is 0.0831. The zero-order valence-electron chi connectivity index (χ0n) is 12.1. The van der Waals surface area contributed by atoms with E-state index in [0.29, 0.717) is 6.61 Å². The van der Waals surface area contributed by atoms with Gasteiger partial charge in [0.2, 0.25) is 0 Å². The molecule has 0 aromatic heterocycles. The Labute approximate surface area is 116 Å². The first-order valence-electron chi connectivity index (χ1n) is 7.34. The molecule has 0 spiro atoms. The molecule has 0 unspecified atom stereocenters. The van der Waals surface area contributed by atoms with Crippen molar-refractivity contribution in [3.8, 4) is 0 Å². The molecule has 6 heteroatoms. The van der Waals surface area contributed by atoms with Gasteiger partial charge in [-0.3, -0.25) is 4.52 Å². The molecule has 0 aromatic rings. The summed E-state index contributed by atoms with van der Waals surface area (Å²) >= 11 is 0. The Kier molecular flexibility index (Phi) is 13.1. The summed E-state index contributed by atoms with van der Waals surface area (Å²) in [5, 5.41) is 0. The standard InChI is InChI=1S/C13H29O5P/c1-2-3-4-5-6-7-8-9-10-11-17-12-13-18-19(14,15)16/h2-13H2,1H3,(H2,14,15,16). The van der Waals surface area contributed by atoms with Crippen molar-refractivity contribution in [1.82, 2.24) is 0 Å². The Morgan fingerprint density at radius 2 is 1.32 bits per heavy atom. The van der Waals surface area contributed by atoms with Gasteiger partial charge in [-0.1, -0.05) is 58.3 Å². The predicted molar refractivity (Wildman–Crippen MR) is 76.0 cm³/mol. The maximum atomic E-state index is 10.3. The Hall–Kier alpha value is 0.0700. The van der Waals surface area contributed by atoms with E-state index >= 15 is 0 Å². The largest absolute Gasteiger partial charge is 0.469 e. The van der Waals surface area contributed by atoms with E-state index in [9.17, 15) is 4.57 Å². The average Bonchev–Trinajstić information content (AvgIpc) is 2.34. The van der Waals surface area contributed by atoms with Crippen molar-refractivity contribution < 1.29 is 23.6 Å². The van der Waals surface area contributed by atoms with Gasteiger partial charge < -0.3 is 14.5 Å². The van der Waals surface area contributed by atoms with Gasteiger partial charge in [-0.2, -0.15) is 0 Å². The predicted octanol–water partition coefficient (Wildman–Crippen LogP) is 3.64. The first-order valence-corrected chi connectivity index (χ1v) is 8.87. The number of rotatable bonds is 14. The van der Waals surface area contributed by atoms with Crippen molar-refractivity contribution in [2.24, 2.45) is 0 Å². The van der Waals surface area contributed by atoms with Crippen molar-refractivity contribution >= 4 is 7.82 Å². The van der Waals surface area contributed by atoms with Crippen LogP contribution >= 0.6 is 7.82 Å². The number of phosphoric acid groups is 1. The van der Waals surface area contributed by atoms with E-state index in [1.807, 2.05) is 0 Å². The summed E-state index contributed by atoms with van der Waals surface area (Å²) in [6.45, 7) is 3.05. The molecule has 0 aromatic carbocycles. The second kappa shape index (κ2) is 13.1. The molecule has 19 heavy (non-hydrogen) atoms. The molecule has 0 saturated carbocycles. The number of hydrogen-bond donors (Lipinski definition) is 2. The van der Waals surface area contributed by atoms with Crippen LogP contribution in [0.2, 0.25) is 0 Å². The van der Waals surface area contributed by atoms with Crippen LogP contribution in [0.1, 0.15) is 64.7 Å². The van der Waals surface area contributed by atoms with Crippen LogP contribution in [0.15, 0.2) is 0 Å². The third-order valence-corrected chi connectivity index (χ3v) is 3.40. The van der Waals surface area contributed by atoms with Gasteiger partial charge in [-0.15, -0.1) is 0 Å². The van der Waals surface area contributed by atoms with Crippen LogP contribution in [0.25, 0.3) is 0 Å². The first kappa shape index (κ1) is 19.1. The molecule has 0 bridgehead atoms. The first-order chi connectivity index (χ1) is 9.06. The lowest BCUT2D eigenvalue weighted by Gasteiger charge is -2.06. The van der Waals surface area contributed by atoms with E-state index in [1.165, 1.54) is 44.9 Å². The number of hydrogen-bond acceptors (Lipinski definition) is 3. The van der Waals surface area contributed by atoms with Gasteiger partial charge in [0.05, 0.1) is 13.2 Å². The average molecular weight is 296 g/mol. The zero-order valence-corrected chi connectivity index (χ0v) is 12.9. The Morgan fingerprint density at radius 1 is 0.789 bits per heavy atom. The summed E-state index contributed by atoms with van der Waals surface area (Å²) in [6, 6.07) is 0. The maximum absolute atomic E-state index is 10.3. The fraction of sp³-hybridized carbons (Fsp3) is 1.00. The topological polar surface area (TPSA) is 76.0 Å². The molecule has 0 fully saturated rings. The van der Waals surface area contributed by atoms with Gasteiger partial charge in [0.25, 0.3) is 0 Å². The van der Waals surface area contributed by atoms with Gasteiger partial charge in [-0.25, -0.2) is 4.57 Å². The van der Waals surface area contributed by atoms with Crippen LogP contribution in [-0.4, -0.2) is 29.6 Å². The minimum absolute atomic E-state index is 0.0539. The van der Waals surface area contributed by atoms with Crippen molar-refractivity contribution in [2.75, 3.05) is 19.8 Å². The van der Waals surface area contributed by atoms with Crippen molar-refractivity contribution in [3.63, 3.8) is 0 Å². The second-order valence-electron chi connectivity index (χ2n) is 4.76. The fourth-order valence-corrected chi connectivity index (χ4v) is 2.14. The summed E-state index contributed by atoms with van der Waals surface area (Å²) in [5.41, 5.74) is 0. The lowest BCUT2D eigenvalue weighted by Crippen LogP contribution is -2.04. The van der Waals surface area contributed by atoms with Gasteiger partial charge in [0.15, 0.2) is 0 Å². The van der Waals surface area contributed by atoms with Crippen LogP contribution in [0.3, 0.4) is 0 Å². The molecule has 0 saturated heterocycles. The molecule has 5 nitrogen and oxygen atoms in total. The van der Waals surface area contributed by atoms with Crippen molar-refractivity contribution in [1.29, 1.82) is 0 Å². The normalized spacial score (nSPS) is 11.9. The molecular weight excluding hydrogens is 267 g/mol. The lowest BCUT2D eigenvalue weighted by atomic mass is 10.1. The van der Waals surface area contributed by atoms with E-state index in [4.69, 9.17) is 14.5 Å². The molecule has 116 valence electrons. The molecule has 0 rings (SSSR count). The minimum atomic E-state index is -4.33. The van der Waals surface area contributed by atoms with Gasteiger partial charge in [-0.05, 0) is 6.42 Å². The van der Waals surface area contributed by atoms with Crippen molar-refractivity contribution in [3.05, 3.63) is 0 Å². The second-order valence-corrected chi connectivity index (χ2v) is 6.00. The molecule has 0 aliphatic heterocycles. The number of phosphoric ester groups is 1. The zero-order chi connectivity index (χ0) is 14.4. The van der Waals surface area contributed by atoms with E-state index in [1.54, 1.807) is 0 Å². The molecule has 0 aliphatic rings. The highest BCUT2D eigenvalue weighted by Gasteiger charge is 2.12. The quantitative estimate of drug-likeness (QED) is 0.378. The van der Waals surface area contributed by atoms with Crippen LogP contribution in [-0.2, 0) is 13.8 Å². The molecule has 0 radical (unpaired) electrons. The molecular formula is C13H29O5P. The molecule has 2 N–H and O–H groups in total. The van der Waals surface area contributed by atoms with Crippen LogP contribution in [0, 0.1) is 0 Å². The Balaban J connectivity index is 3.01. The van der Waals surface area contributed by atoms with E-state index < -0.39 is 7.82 Å². The summed E-state index contributed by atoms with van der Waals surface area (Å²) in [6.07, 6.45) is 11.4. The molecule has 0 amide bonds.